The largest absolute Gasteiger partial charge is 0.300 e. The van der Waals surface area contributed by atoms with Gasteiger partial charge in [0.05, 0.1) is 17.4 Å². The maximum absolute atomic E-state index is 13.1. The minimum atomic E-state index is -3.28. The average Bonchev–Trinajstić information content (AvgIpc) is 2.89. The van der Waals surface area contributed by atoms with Gasteiger partial charge in [-0.15, -0.1) is 0 Å². The summed E-state index contributed by atoms with van der Waals surface area (Å²) in [4.78, 5) is 14.6. The van der Waals surface area contributed by atoms with Crippen LogP contribution in [0.1, 0.15) is 10.4 Å². The number of rotatable bonds is 3. The van der Waals surface area contributed by atoms with Crippen molar-refractivity contribution in [2.45, 2.75) is 6.04 Å². The third-order valence-corrected chi connectivity index (χ3v) is 6.27. The zero-order valence-electron chi connectivity index (χ0n) is 12.4. The quantitative estimate of drug-likeness (QED) is 0.676. The first-order valence-electron chi connectivity index (χ1n) is 7.12. The van der Waals surface area contributed by atoms with Crippen LogP contribution in [0.2, 0.25) is 0 Å². The molecule has 1 aliphatic heterocycles. The van der Waals surface area contributed by atoms with Gasteiger partial charge < -0.3 is 4.90 Å². The Balaban J connectivity index is 2.05. The van der Waals surface area contributed by atoms with E-state index in [9.17, 15) is 13.2 Å². The summed E-state index contributed by atoms with van der Waals surface area (Å²) in [6.45, 7) is 0. The molecule has 2 aromatic rings. The van der Waals surface area contributed by atoms with Crippen molar-refractivity contribution in [3.8, 4) is 0 Å². The van der Waals surface area contributed by atoms with E-state index in [0.717, 1.165) is 4.47 Å². The van der Waals surface area contributed by atoms with Crippen molar-refractivity contribution in [1.29, 1.82) is 0 Å². The molecule has 0 N–H and O–H groups in total. The Morgan fingerprint density at radius 3 is 2.29 bits per heavy atom. The van der Waals surface area contributed by atoms with Crippen LogP contribution in [0.3, 0.4) is 0 Å². The Bertz CT molecular complexity index is 908. The number of anilines is 1. The summed E-state index contributed by atoms with van der Waals surface area (Å²) in [5.41, 5.74) is 1.13. The molecule has 124 valence electrons. The fourth-order valence-corrected chi connectivity index (χ4v) is 4.53. The van der Waals surface area contributed by atoms with E-state index < -0.39 is 15.9 Å². The fraction of sp³-hybridized carbons (Fsp3) is 0.118. The molecule has 1 amide bonds. The number of carbonyl (C=O) groups is 1. The lowest BCUT2D eigenvalue weighted by molar-refractivity contribution is 0.0982. The van der Waals surface area contributed by atoms with E-state index in [-0.39, 0.29) is 11.7 Å². The molecule has 0 radical (unpaired) electrons. The van der Waals surface area contributed by atoms with Gasteiger partial charge in [0.15, 0.2) is 9.84 Å². The predicted molar refractivity (Wildman–Crippen MR) is 102 cm³/mol. The first-order chi connectivity index (χ1) is 11.4. The van der Waals surface area contributed by atoms with Crippen LogP contribution >= 0.6 is 31.9 Å². The minimum Gasteiger partial charge on any atom is -0.300 e. The van der Waals surface area contributed by atoms with Crippen LogP contribution in [0.4, 0.5) is 5.69 Å². The lowest BCUT2D eigenvalue weighted by Gasteiger charge is -2.28. The molecule has 0 aliphatic carbocycles. The van der Waals surface area contributed by atoms with E-state index in [1.165, 1.54) is 10.3 Å². The van der Waals surface area contributed by atoms with Crippen molar-refractivity contribution in [2.75, 3.05) is 10.7 Å². The highest BCUT2D eigenvalue weighted by molar-refractivity contribution is 9.10. The van der Waals surface area contributed by atoms with Crippen LogP contribution in [0.15, 0.2) is 69.0 Å². The molecule has 0 aromatic heterocycles. The summed E-state index contributed by atoms with van der Waals surface area (Å²) in [5, 5.41) is 1.18. The van der Waals surface area contributed by atoms with Gasteiger partial charge in [0.25, 0.3) is 5.91 Å². The lowest BCUT2D eigenvalue weighted by atomic mass is 10.1. The Morgan fingerprint density at radius 1 is 1.04 bits per heavy atom. The van der Waals surface area contributed by atoms with E-state index in [4.69, 9.17) is 0 Å². The normalized spacial score (nSPS) is 18.5. The molecule has 0 saturated carbocycles. The summed E-state index contributed by atoms with van der Waals surface area (Å²) in [6.07, 6.45) is 1.56. The molecule has 7 heteroatoms. The monoisotopic (exact) mass is 469 g/mol. The number of sulfone groups is 1. The number of nitrogens with zero attached hydrogens (tertiary/aromatic N) is 1. The molecule has 1 aliphatic rings. The van der Waals surface area contributed by atoms with Gasteiger partial charge in [-0.25, -0.2) is 8.42 Å². The number of benzene rings is 2. The van der Waals surface area contributed by atoms with Gasteiger partial charge in [0, 0.05) is 20.0 Å². The Morgan fingerprint density at radius 2 is 1.71 bits per heavy atom. The number of amides is 1. The molecule has 0 unspecified atom stereocenters. The molecule has 1 heterocycles. The summed E-state index contributed by atoms with van der Waals surface area (Å²) < 4.78 is 25.2. The molecule has 0 fully saturated rings. The van der Waals surface area contributed by atoms with Crippen LogP contribution in [-0.4, -0.2) is 26.1 Å². The van der Waals surface area contributed by atoms with Gasteiger partial charge in [0.2, 0.25) is 0 Å². The molecular weight excluding hydrogens is 458 g/mol. The minimum absolute atomic E-state index is 0.112. The standard InChI is InChI=1S/C17H13Br2NO3S/c18-12-5-7-13(8-6-12)20(14-9-10-24(22,23)11-14)17(21)15-3-1-2-4-16(15)19/h1-10,14H,11H2/t14-/m0/s1. The Hall–Kier alpha value is -1.44. The zero-order chi connectivity index (χ0) is 17.3. The third-order valence-electron chi connectivity index (χ3n) is 3.67. The van der Waals surface area contributed by atoms with Gasteiger partial charge in [-0.3, -0.25) is 4.79 Å². The SMILES string of the molecule is O=C(c1ccccc1Br)N(c1ccc(Br)cc1)[C@H]1C=CS(=O)(=O)C1. The highest BCUT2D eigenvalue weighted by Gasteiger charge is 2.32. The molecular formula is C17H13Br2NO3S. The molecule has 0 bridgehead atoms. The fourth-order valence-electron chi connectivity index (χ4n) is 2.55. The molecule has 0 spiro atoms. The van der Waals surface area contributed by atoms with Crippen LogP contribution in [0.25, 0.3) is 0 Å². The second-order valence-electron chi connectivity index (χ2n) is 5.36. The molecule has 2 aromatic carbocycles. The topological polar surface area (TPSA) is 54.5 Å². The highest BCUT2D eigenvalue weighted by Crippen LogP contribution is 2.28. The predicted octanol–water partition coefficient (Wildman–Crippen LogP) is 4.17. The van der Waals surface area contributed by atoms with E-state index in [1.807, 2.05) is 18.2 Å². The van der Waals surface area contributed by atoms with E-state index >= 15 is 0 Å². The average molecular weight is 471 g/mol. The first-order valence-corrected chi connectivity index (χ1v) is 10.4. The summed E-state index contributed by atoms with van der Waals surface area (Å²) >= 11 is 6.76. The number of hydrogen-bond acceptors (Lipinski definition) is 3. The van der Waals surface area contributed by atoms with Gasteiger partial charge >= 0.3 is 0 Å². The number of hydrogen-bond donors (Lipinski definition) is 0. The second-order valence-corrected chi connectivity index (χ2v) is 9.06. The van der Waals surface area contributed by atoms with Crippen molar-refractivity contribution < 1.29 is 13.2 Å². The molecule has 3 rings (SSSR count). The Labute approximate surface area is 157 Å². The highest BCUT2D eigenvalue weighted by atomic mass is 79.9. The summed E-state index contributed by atoms with van der Waals surface area (Å²) in [6, 6.07) is 13.8. The van der Waals surface area contributed by atoms with E-state index in [2.05, 4.69) is 31.9 Å². The van der Waals surface area contributed by atoms with Gasteiger partial charge in [-0.05, 0) is 58.4 Å². The number of halogens is 2. The van der Waals surface area contributed by atoms with E-state index in [1.54, 1.807) is 36.4 Å². The van der Waals surface area contributed by atoms with Crippen molar-refractivity contribution >= 4 is 53.3 Å². The van der Waals surface area contributed by atoms with Crippen LogP contribution in [0.5, 0.6) is 0 Å². The van der Waals surface area contributed by atoms with Crippen molar-refractivity contribution in [3.05, 3.63) is 74.5 Å². The first kappa shape index (κ1) is 17.4. The van der Waals surface area contributed by atoms with Crippen molar-refractivity contribution in [1.82, 2.24) is 0 Å². The third kappa shape index (κ3) is 3.63. The molecule has 0 saturated heterocycles. The summed E-state index contributed by atoms with van der Waals surface area (Å²) in [7, 11) is -3.28. The van der Waals surface area contributed by atoms with Crippen molar-refractivity contribution in [3.63, 3.8) is 0 Å². The molecule has 1 atom stereocenters. The number of carbonyl (C=O) groups excluding carboxylic acids is 1. The van der Waals surface area contributed by atoms with E-state index in [0.29, 0.717) is 15.7 Å². The molecule has 4 nitrogen and oxygen atoms in total. The maximum atomic E-state index is 13.1. The smallest absolute Gasteiger partial charge is 0.260 e. The van der Waals surface area contributed by atoms with Crippen LogP contribution in [-0.2, 0) is 9.84 Å². The summed E-state index contributed by atoms with van der Waals surface area (Å²) in [5.74, 6) is -0.365. The van der Waals surface area contributed by atoms with Crippen LogP contribution in [0, 0.1) is 0 Å². The van der Waals surface area contributed by atoms with Crippen LogP contribution < -0.4 is 4.90 Å². The molecule has 24 heavy (non-hydrogen) atoms. The lowest BCUT2D eigenvalue weighted by Crippen LogP contribution is -2.41. The van der Waals surface area contributed by atoms with Gasteiger partial charge in [0.1, 0.15) is 0 Å². The van der Waals surface area contributed by atoms with Gasteiger partial charge in [-0.1, -0.05) is 28.1 Å². The second kappa shape index (κ2) is 6.82. The van der Waals surface area contributed by atoms with Gasteiger partial charge in [-0.2, -0.15) is 0 Å². The Kier molecular flexibility index (Phi) is 4.94. The van der Waals surface area contributed by atoms with Crippen molar-refractivity contribution in [2.24, 2.45) is 0 Å². The zero-order valence-corrected chi connectivity index (χ0v) is 16.4. The maximum Gasteiger partial charge on any atom is 0.260 e.